The maximum Gasteiger partial charge on any atom is 0.249 e. The number of ether oxygens (including phenoxy) is 1. The minimum Gasteiger partial charge on any atom is -0.368 e. The van der Waals surface area contributed by atoms with Crippen molar-refractivity contribution in [3.63, 3.8) is 0 Å². The fourth-order valence-electron chi connectivity index (χ4n) is 2.68. The number of hydrogen-bond donors (Lipinski definition) is 2. The van der Waals surface area contributed by atoms with Gasteiger partial charge in [0.1, 0.15) is 11.9 Å². The van der Waals surface area contributed by atoms with Crippen molar-refractivity contribution >= 4 is 16.9 Å². The Morgan fingerprint density at radius 3 is 3.05 bits per heavy atom. The first kappa shape index (κ1) is 14.1. The number of aromatic amines is 1. The highest BCUT2D eigenvalue weighted by molar-refractivity contribution is 5.81. The molecule has 5 heteroatoms. The van der Waals surface area contributed by atoms with Gasteiger partial charge in [-0.1, -0.05) is 6.07 Å². The van der Waals surface area contributed by atoms with Gasteiger partial charge in [0.2, 0.25) is 5.91 Å². The number of amides is 1. The number of benzene rings is 1. The Balaban J connectivity index is 1.68. The third-order valence-electron chi connectivity index (χ3n) is 4.13. The van der Waals surface area contributed by atoms with Gasteiger partial charge in [-0.15, -0.1) is 0 Å². The van der Waals surface area contributed by atoms with Crippen LogP contribution in [0.3, 0.4) is 0 Å². The Morgan fingerprint density at radius 1 is 1.43 bits per heavy atom. The number of aromatic nitrogens is 2. The van der Waals surface area contributed by atoms with Gasteiger partial charge in [0, 0.05) is 6.61 Å². The number of imidazole rings is 1. The summed E-state index contributed by atoms with van der Waals surface area (Å²) in [6, 6.07) is 4.11. The van der Waals surface area contributed by atoms with Crippen LogP contribution in [0.4, 0.5) is 0 Å². The predicted octanol–water partition coefficient (Wildman–Crippen LogP) is 2.37. The van der Waals surface area contributed by atoms with Crippen LogP contribution in [-0.4, -0.2) is 28.6 Å². The topological polar surface area (TPSA) is 67.0 Å². The van der Waals surface area contributed by atoms with E-state index < -0.39 is 0 Å². The Morgan fingerprint density at radius 2 is 2.29 bits per heavy atom. The van der Waals surface area contributed by atoms with Gasteiger partial charge in [0.15, 0.2) is 0 Å². The molecule has 0 radical (unpaired) electrons. The first-order chi connectivity index (χ1) is 10.1. The van der Waals surface area contributed by atoms with Gasteiger partial charge in [-0.3, -0.25) is 4.79 Å². The molecule has 3 rings (SSSR count). The molecule has 1 aliphatic heterocycles. The number of hydrogen-bond acceptors (Lipinski definition) is 3. The van der Waals surface area contributed by atoms with E-state index in [1.165, 1.54) is 11.1 Å². The Hall–Kier alpha value is -1.88. The van der Waals surface area contributed by atoms with Crippen LogP contribution >= 0.6 is 0 Å². The lowest BCUT2D eigenvalue weighted by atomic mass is 10.1. The second-order valence-electron chi connectivity index (χ2n) is 5.66. The summed E-state index contributed by atoms with van der Waals surface area (Å²) in [5, 5.41) is 2.91. The van der Waals surface area contributed by atoms with Gasteiger partial charge in [-0.05, 0) is 50.3 Å². The number of rotatable bonds is 3. The molecule has 1 aromatic carbocycles. The van der Waals surface area contributed by atoms with E-state index in [0.717, 1.165) is 36.1 Å². The molecule has 1 saturated heterocycles. The lowest BCUT2D eigenvalue weighted by molar-refractivity contribution is -0.135. The van der Waals surface area contributed by atoms with Gasteiger partial charge in [0.25, 0.3) is 0 Å². The van der Waals surface area contributed by atoms with Crippen LogP contribution in [-0.2, 0) is 16.1 Å². The average molecular weight is 287 g/mol. The zero-order valence-electron chi connectivity index (χ0n) is 12.5. The van der Waals surface area contributed by atoms with Crippen molar-refractivity contribution in [2.24, 2.45) is 0 Å². The zero-order valence-corrected chi connectivity index (χ0v) is 12.5. The number of carbonyl (C=O) groups excluding carboxylic acids is 1. The second kappa shape index (κ2) is 5.85. The highest BCUT2D eigenvalue weighted by Crippen LogP contribution is 2.19. The molecule has 0 bridgehead atoms. The number of nitrogens with one attached hydrogen (secondary N) is 2. The van der Waals surface area contributed by atoms with Crippen molar-refractivity contribution in [2.45, 2.75) is 45.8 Å². The molecule has 1 atom stereocenters. The van der Waals surface area contributed by atoms with Crippen LogP contribution in [0.5, 0.6) is 0 Å². The van der Waals surface area contributed by atoms with Gasteiger partial charge in [-0.2, -0.15) is 0 Å². The van der Waals surface area contributed by atoms with Crippen LogP contribution in [0, 0.1) is 13.8 Å². The van der Waals surface area contributed by atoms with Crippen LogP contribution in [0.15, 0.2) is 12.1 Å². The monoisotopic (exact) mass is 287 g/mol. The third kappa shape index (κ3) is 2.93. The summed E-state index contributed by atoms with van der Waals surface area (Å²) in [6.07, 6.45) is 2.62. The maximum atomic E-state index is 12.0. The summed E-state index contributed by atoms with van der Waals surface area (Å²) in [5.41, 5.74) is 4.39. The highest BCUT2D eigenvalue weighted by atomic mass is 16.5. The van der Waals surface area contributed by atoms with E-state index in [2.05, 4.69) is 35.2 Å². The maximum absolute atomic E-state index is 12.0. The smallest absolute Gasteiger partial charge is 0.249 e. The Labute approximate surface area is 124 Å². The lowest BCUT2D eigenvalue weighted by Gasteiger charge is -2.21. The van der Waals surface area contributed by atoms with Crippen LogP contribution in [0.1, 0.15) is 36.2 Å². The molecule has 1 aromatic heterocycles. The lowest BCUT2D eigenvalue weighted by Crippen LogP contribution is -2.38. The van der Waals surface area contributed by atoms with E-state index in [-0.39, 0.29) is 12.0 Å². The second-order valence-corrected chi connectivity index (χ2v) is 5.66. The molecule has 2 heterocycles. The van der Waals surface area contributed by atoms with Crippen molar-refractivity contribution in [1.29, 1.82) is 0 Å². The molecule has 1 fully saturated rings. The minimum absolute atomic E-state index is 0.0388. The first-order valence-electron chi connectivity index (χ1n) is 7.49. The molecular formula is C16H21N3O2. The summed E-state index contributed by atoms with van der Waals surface area (Å²) >= 11 is 0. The van der Waals surface area contributed by atoms with Gasteiger partial charge in [0.05, 0.1) is 17.6 Å². The Kier molecular flexibility index (Phi) is 3.92. The van der Waals surface area contributed by atoms with Crippen LogP contribution < -0.4 is 5.32 Å². The van der Waals surface area contributed by atoms with E-state index in [1.54, 1.807) is 0 Å². The number of H-pyrrole nitrogens is 1. The summed E-state index contributed by atoms with van der Waals surface area (Å²) in [6.45, 7) is 5.23. The molecule has 0 spiro atoms. The van der Waals surface area contributed by atoms with Crippen LogP contribution in [0.25, 0.3) is 11.0 Å². The molecule has 112 valence electrons. The molecule has 21 heavy (non-hydrogen) atoms. The van der Waals surface area contributed by atoms with Crippen molar-refractivity contribution in [3.8, 4) is 0 Å². The van der Waals surface area contributed by atoms with Gasteiger partial charge >= 0.3 is 0 Å². The first-order valence-corrected chi connectivity index (χ1v) is 7.49. The molecule has 0 unspecified atom stereocenters. The highest BCUT2D eigenvalue weighted by Gasteiger charge is 2.21. The molecular weight excluding hydrogens is 266 g/mol. The fourth-order valence-corrected chi connectivity index (χ4v) is 2.68. The molecule has 1 amide bonds. The fraction of sp³-hybridized carbons (Fsp3) is 0.500. The number of carbonyl (C=O) groups is 1. The SMILES string of the molecule is Cc1ccc2[nH]c(CNC(=O)[C@H]3CCCCO3)nc2c1C. The predicted molar refractivity (Wildman–Crippen MR) is 81.0 cm³/mol. The average Bonchev–Trinajstić information content (AvgIpc) is 2.93. The van der Waals surface area contributed by atoms with Gasteiger partial charge < -0.3 is 15.0 Å². The van der Waals surface area contributed by atoms with E-state index in [4.69, 9.17) is 4.74 Å². The molecule has 5 nitrogen and oxygen atoms in total. The van der Waals surface area contributed by atoms with Crippen molar-refractivity contribution in [2.75, 3.05) is 6.61 Å². The summed E-state index contributed by atoms with van der Waals surface area (Å²) < 4.78 is 5.48. The summed E-state index contributed by atoms with van der Waals surface area (Å²) in [7, 11) is 0. The minimum atomic E-state index is -0.299. The van der Waals surface area contributed by atoms with Crippen molar-refractivity contribution in [1.82, 2.24) is 15.3 Å². The molecule has 2 aromatic rings. The third-order valence-corrected chi connectivity index (χ3v) is 4.13. The quantitative estimate of drug-likeness (QED) is 0.910. The van der Waals surface area contributed by atoms with Crippen molar-refractivity contribution < 1.29 is 9.53 Å². The molecule has 1 aliphatic rings. The van der Waals surface area contributed by atoms with Gasteiger partial charge in [-0.25, -0.2) is 4.98 Å². The molecule has 0 aliphatic carbocycles. The van der Waals surface area contributed by atoms with Crippen LogP contribution in [0.2, 0.25) is 0 Å². The normalized spacial score (nSPS) is 18.9. The molecule has 0 saturated carbocycles. The molecule has 2 N–H and O–H groups in total. The van der Waals surface area contributed by atoms with E-state index in [9.17, 15) is 4.79 Å². The largest absolute Gasteiger partial charge is 0.368 e. The summed E-state index contributed by atoms with van der Waals surface area (Å²) in [5.74, 6) is 0.742. The van der Waals surface area contributed by atoms with Crippen molar-refractivity contribution in [3.05, 3.63) is 29.1 Å². The standard InChI is InChI=1S/C16H21N3O2/c1-10-6-7-12-15(11(10)2)19-14(18-12)9-17-16(20)13-5-3-4-8-21-13/h6-7,13H,3-5,8-9H2,1-2H3,(H,17,20)(H,18,19)/t13-/m1/s1. The number of fused-ring (bicyclic) bond motifs is 1. The number of aryl methyl sites for hydroxylation is 2. The van der Waals surface area contributed by atoms with E-state index in [1.807, 2.05) is 6.07 Å². The van der Waals surface area contributed by atoms with E-state index in [0.29, 0.717) is 13.2 Å². The van der Waals surface area contributed by atoms with E-state index >= 15 is 0 Å². The zero-order chi connectivity index (χ0) is 14.8. The Bertz CT molecular complexity index is 657. The number of nitrogens with zero attached hydrogens (tertiary/aromatic N) is 1. The summed E-state index contributed by atoms with van der Waals surface area (Å²) in [4.78, 5) is 19.9.